The molecule has 0 aliphatic carbocycles. The van der Waals surface area contributed by atoms with Gasteiger partial charge in [-0.2, -0.15) is 0 Å². The van der Waals surface area contributed by atoms with E-state index in [-0.39, 0.29) is 11.7 Å². The highest BCUT2D eigenvalue weighted by Gasteiger charge is 2.28. The molecular formula is C5H7N3O2S. The van der Waals surface area contributed by atoms with Gasteiger partial charge in [0.25, 0.3) is 0 Å². The summed E-state index contributed by atoms with van der Waals surface area (Å²) in [5, 5.41) is 5.18. The number of carbonyl (C=O) groups excluding carboxylic acids is 2. The minimum atomic E-state index is -0.804. The van der Waals surface area contributed by atoms with E-state index < -0.39 is 17.7 Å². The molecule has 1 heterocycles. The summed E-state index contributed by atoms with van der Waals surface area (Å²) in [6, 6.07) is 0. The molecule has 1 aliphatic heterocycles. The lowest BCUT2D eigenvalue weighted by atomic mass is 10.1. The van der Waals surface area contributed by atoms with E-state index in [0.717, 1.165) is 0 Å². The average Bonchev–Trinajstić information content (AvgIpc) is 1.85. The van der Waals surface area contributed by atoms with Crippen LogP contribution < -0.4 is 16.4 Å². The van der Waals surface area contributed by atoms with Crippen molar-refractivity contribution < 1.29 is 9.59 Å². The Hall–Kier alpha value is -1.17. The molecule has 1 atom stereocenters. The molecule has 1 saturated heterocycles. The molecule has 0 saturated carbocycles. The normalized spacial score (nSPS) is 23.8. The number of primary amides is 1. The zero-order chi connectivity index (χ0) is 8.43. The van der Waals surface area contributed by atoms with Crippen molar-refractivity contribution >= 4 is 29.1 Å². The van der Waals surface area contributed by atoms with Crippen molar-refractivity contribution in [2.45, 2.75) is 0 Å². The van der Waals surface area contributed by atoms with E-state index >= 15 is 0 Å². The molecule has 60 valence electrons. The van der Waals surface area contributed by atoms with Crippen LogP contribution in [0.25, 0.3) is 0 Å². The summed E-state index contributed by atoms with van der Waals surface area (Å²) in [4.78, 5) is 21.5. The molecule has 0 aromatic carbocycles. The van der Waals surface area contributed by atoms with Crippen LogP contribution in [0.4, 0.5) is 0 Å². The molecule has 2 amide bonds. The molecule has 1 rings (SSSR count). The van der Waals surface area contributed by atoms with Crippen molar-refractivity contribution in [1.29, 1.82) is 0 Å². The lowest BCUT2D eigenvalue weighted by Gasteiger charge is -2.21. The number of hydrogen-bond acceptors (Lipinski definition) is 3. The van der Waals surface area contributed by atoms with Crippen LogP contribution in [0.2, 0.25) is 0 Å². The fourth-order valence-electron chi connectivity index (χ4n) is 0.760. The second kappa shape index (κ2) is 2.83. The Balaban J connectivity index is 2.65. The molecule has 0 radical (unpaired) electrons. The van der Waals surface area contributed by atoms with E-state index in [1.165, 1.54) is 0 Å². The van der Waals surface area contributed by atoms with Crippen molar-refractivity contribution in [3.63, 3.8) is 0 Å². The molecule has 1 unspecified atom stereocenters. The second-order valence-corrected chi connectivity index (χ2v) is 2.56. The van der Waals surface area contributed by atoms with Crippen LogP contribution in [0, 0.1) is 5.92 Å². The minimum absolute atomic E-state index is 0.194. The summed E-state index contributed by atoms with van der Waals surface area (Å²) in [5.74, 6) is -1.87. The van der Waals surface area contributed by atoms with Crippen LogP contribution in [0.5, 0.6) is 0 Å². The van der Waals surface area contributed by atoms with Crippen LogP contribution in [0.1, 0.15) is 0 Å². The molecule has 1 fully saturated rings. The standard InChI is InChI=1S/C5H7N3O2S/c6-3(9)2-1-7-5(11)8-4(2)10/h2H,1H2,(H2,6,9)(H2,7,8,10,11). The van der Waals surface area contributed by atoms with Gasteiger partial charge in [-0.25, -0.2) is 0 Å². The van der Waals surface area contributed by atoms with E-state index in [1.807, 2.05) is 0 Å². The highest BCUT2D eigenvalue weighted by Crippen LogP contribution is 1.97. The van der Waals surface area contributed by atoms with E-state index in [0.29, 0.717) is 0 Å². The van der Waals surface area contributed by atoms with Crippen molar-refractivity contribution in [2.24, 2.45) is 11.7 Å². The summed E-state index contributed by atoms with van der Waals surface area (Å²) in [7, 11) is 0. The summed E-state index contributed by atoms with van der Waals surface area (Å²) < 4.78 is 0. The second-order valence-electron chi connectivity index (χ2n) is 2.15. The summed E-state index contributed by atoms with van der Waals surface area (Å²) in [6.07, 6.45) is 0. The van der Waals surface area contributed by atoms with Gasteiger partial charge in [-0.05, 0) is 12.2 Å². The molecular weight excluding hydrogens is 166 g/mol. The van der Waals surface area contributed by atoms with Gasteiger partial charge in [0.2, 0.25) is 11.8 Å². The molecule has 1 aliphatic rings. The zero-order valence-electron chi connectivity index (χ0n) is 5.59. The van der Waals surface area contributed by atoms with Gasteiger partial charge < -0.3 is 16.4 Å². The van der Waals surface area contributed by atoms with Crippen LogP contribution in [-0.4, -0.2) is 23.5 Å². The van der Waals surface area contributed by atoms with Crippen molar-refractivity contribution in [2.75, 3.05) is 6.54 Å². The third kappa shape index (κ3) is 1.64. The molecule has 4 N–H and O–H groups in total. The van der Waals surface area contributed by atoms with Crippen LogP contribution >= 0.6 is 12.2 Å². The Morgan fingerprint density at radius 2 is 2.36 bits per heavy atom. The first-order chi connectivity index (χ1) is 5.11. The minimum Gasteiger partial charge on any atom is -0.369 e. The average molecular weight is 173 g/mol. The number of carbonyl (C=O) groups is 2. The first-order valence-corrected chi connectivity index (χ1v) is 3.40. The lowest BCUT2D eigenvalue weighted by Crippen LogP contribution is -2.55. The number of nitrogens with two attached hydrogens (primary N) is 1. The van der Waals surface area contributed by atoms with Gasteiger partial charge in [0, 0.05) is 6.54 Å². The third-order valence-corrected chi connectivity index (χ3v) is 1.61. The Kier molecular flexibility index (Phi) is 2.04. The summed E-state index contributed by atoms with van der Waals surface area (Å²) >= 11 is 4.63. The van der Waals surface area contributed by atoms with Crippen molar-refractivity contribution in [3.05, 3.63) is 0 Å². The summed E-state index contributed by atoms with van der Waals surface area (Å²) in [5.41, 5.74) is 4.92. The lowest BCUT2D eigenvalue weighted by molar-refractivity contribution is -0.132. The van der Waals surface area contributed by atoms with Crippen molar-refractivity contribution in [1.82, 2.24) is 10.6 Å². The van der Waals surface area contributed by atoms with Gasteiger partial charge in [0.15, 0.2) is 5.11 Å². The molecule has 5 nitrogen and oxygen atoms in total. The Bertz CT molecular complexity index is 228. The predicted molar refractivity (Wildman–Crippen MR) is 41.4 cm³/mol. The fourth-order valence-corrected chi connectivity index (χ4v) is 0.944. The fraction of sp³-hybridized carbons (Fsp3) is 0.400. The topological polar surface area (TPSA) is 84.2 Å². The van der Waals surface area contributed by atoms with Gasteiger partial charge in [0.1, 0.15) is 5.92 Å². The van der Waals surface area contributed by atoms with Crippen molar-refractivity contribution in [3.8, 4) is 0 Å². The number of rotatable bonds is 1. The van der Waals surface area contributed by atoms with Gasteiger partial charge in [-0.15, -0.1) is 0 Å². The van der Waals surface area contributed by atoms with E-state index in [2.05, 4.69) is 22.9 Å². The molecule has 6 heteroatoms. The molecule has 11 heavy (non-hydrogen) atoms. The van der Waals surface area contributed by atoms with Gasteiger partial charge in [-0.3, -0.25) is 9.59 Å². The third-order valence-electron chi connectivity index (χ3n) is 1.36. The number of nitrogens with one attached hydrogen (secondary N) is 2. The number of amides is 2. The Labute approximate surface area is 68.3 Å². The molecule has 0 aromatic heterocycles. The SMILES string of the molecule is NC(=O)C1CNC(=S)NC1=O. The summed E-state index contributed by atoms with van der Waals surface area (Å²) in [6.45, 7) is 0.194. The molecule has 0 aromatic rings. The van der Waals surface area contributed by atoms with Crippen LogP contribution in [0.3, 0.4) is 0 Å². The Morgan fingerprint density at radius 1 is 1.73 bits per heavy atom. The van der Waals surface area contributed by atoms with Gasteiger partial charge in [0.05, 0.1) is 0 Å². The highest BCUT2D eigenvalue weighted by molar-refractivity contribution is 7.80. The predicted octanol–water partition coefficient (Wildman–Crippen LogP) is -1.91. The largest absolute Gasteiger partial charge is 0.369 e. The maximum atomic E-state index is 10.9. The zero-order valence-corrected chi connectivity index (χ0v) is 6.40. The van der Waals surface area contributed by atoms with E-state index in [1.54, 1.807) is 0 Å². The molecule has 0 bridgehead atoms. The van der Waals surface area contributed by atoms with E-state index in [4.69, 9.17) is 5.73 Å². The first kappa shape index (κ1) is 7.93. The first-order valence-electron chi connectivity index (χ1n) is 2.99. The quantitative estimate of drug-likeness (QED) is 0.319. The molecule has 0 spiro atoms. The number of thiocarbonyl (C=S) groups is 1. The Morgan fingerprint density at radius 3 is 2.82 bits per heavy atom. The van der Waals surface area contributed by atoms with Gasteiger partial charge in [-0.1, -0.05) is 0 Å². The van der Waals surface area contributed by atoms with Crippen LogP contribution in [0.15, 0.2) is 0 Å². The van der Waals surface area contributed by atoms with Gasteiger partial charge >= 0.3 is 0 Å². The number of hydrogen-bond donors (Lipinski definition) is 3. The monoisotopic (exact) mass is 173 g/mol. The maximum absolute atomic E-state index is 10.9. The van der Waals surface area contributed by atoms with Crippen LogP contribution in [-0.2, 0) is 9.59 Å². The maximum Gasteiger partial charge on any atom is 0.240 e. The smallest absolute Gasteiger partial charge is 0.240 e. The van der Waals surface area contributed by atoms with E-state index in [9.17, 15) is 9.59 Å². The highest BCUT2D eigenvalue weighted by atomic mass is 32.1.